The lowest BCUT2D eigenvalue weighted by atomic mass is 10.0. The minimum absolute atomic E-state index is 0.116. The van der Waals surface area contributed by atoms with Crippen LogP contribution in [0.3, 0.4) is 0 Å². The topological polar surface area (TPSA) is 62.5 Å². The molecule has 1 aliphatic carbocycles. The van der Waals surface area contributed by atoms with E-state index in [2.05, 4.69) is 22.1 Å². The van der Waals surface area contributed by atoms with Gasteiger partial charge in [0.1, 0.15) is 5.76 Å². The van der Waals surface area contributed by atoms with E-state index in [1.165, 1.54) is 0 Å². The van der Waals surface area contributed by atoms with E-state index < -0.39 is 0 Å². The van der Waals surface area contributed by atoms with Gasteiger partial charge in [0.05, 0.1) is 6.26 Å². The second kappa shape index (κ2) is 6.26. The molecule has 6 nitrogen and oxygen atoms in total. The van der Waals surface area contributed by atoms with Gasteiger partial charge in [-0.3, -0.25) is 4.79 Å². The summed E-state index contributed by atoms with van der Waals surface area (Å²) in [5, 5.41) is 8.11. The first-order valence-corrected chi connectivity index (χ1v) is 8.57. The molecule has 0 aromatic carbocycles. The molecule has 24 heavy (non-hydrogen) atoms. The van der Waals surface area contributed by atoms with Gasteiger partial charge >= 0.3 is 0 Å². The first kappa shape index (κ1) is 15.2. The van der Waals surface area contributed by atoms with E-state index >= 15 is 0 Å². The fourth-order valence-electron chi connectivity index (χ4n) is 3.66. The van der Waals surface area contributed by atoms with Gasteiger partial charge in [-0.2, -0.15) is 5.10 Å². The Morgan fingerprint density at radius 3 is 2.79 bits per heavy atom. The quantitative estimate of drug-likeness (QED) is 0.863. The van der Waals surface area contributed by atoms with Crippen LogP contribution in [0.2, 0.25) is 0 Å². The molecule has 2 fully saturated rings. The van der Waals surface area contributed by atoms with Crippen LogP contribution in [0, 0.1) is 5.92 Å². The number of carbonyl (C=O) groups is 1. The van der Waals surface area contributed by atoms with Gasteiger partial charge in [-0.25, -0.2) is 0 Å². The zero-order valence-electron chi connectivity index (χ0n) is 13.8. The molecule has 2 aliphatic rings. The van der Waals surface area contributed by atoms with Crippen molar-refractivity contribution >= 4 is 11.7 Å². The summed E-state index contributed by atoms with van der Waals surface area (Å²) in [6, 6.07) is 8.15. The summed E-state index contributed by atoms with van der Waals surface area (Å²) in [5.41, 5.74) is 0. The SMILES string of the molecule is CN(c1cccnn1)C1CCN(C(=O)[C@@H]2C[C@@H]2c2ccco2)CC1. The van der Waals surface area contributed by atoms with Crippen LogP contribution in [0.4, 0.5) is 5.82 Å². The Bertz CT molecular complexity index is 680. The fourth-order valence-corrected chi connectivity index (χ4v) is 3.66. The number of anilines is 1. The Hall–Kier alpha value is -2.37. The highest BCUT2D eigenvalue weighted by Gasteiger charge is 2.47. The maximum absolute atomic E-state index is 12.7. The number of rotatable bonds is 4. The van der Waals surface area contributed by atoms with Crippen molar-refractivity contribution in [3.63, 3.8) is 0 Å². The van der Waals surface area contributed by atoms with Gasteiger partial charge in [0.15, 0.2) is 5.82 Å². The first-order valence-electron chi connectivity index (χ1n) is 8.57. The molecule has 0 radical (unpaired) electrons. The van der Waals surface area contributed by atoms with E-state index in [4.69, 9.17) is 4.42 Å². The maximum Gasteiger partial charge on any atom is 0.226 e. The Kier molecular flexibility index (Phi) is 3.96. The molecule has 2 aromatic heterocycles. The molecule has 0 N–H and O–H groups in total. The summed E-state index contributed by atoms with van der Waals surface area (Å²) in [5.74, 6) is 2.53. The number of aromatic nitrogens is 2. The summed E-state index contributed by atoms with van der Waals surface area (Å²) >= 11 is 0. The number of carbonyl (C=O) groups excluding carboxylic acids is 1. The lowest BCUT2D eigenvalue weighted by Crippen LogP contribution is -2.46. The monoisotopic (exact) mass is 326 g/mol. The van der Waals surface area contributed by atoms with Crippen molar-refractivity contribution in [3.8, 4) is 0 Å². The molecule has 4 rings (SSSR count). The number of piperidine rings is 1. The molecule has 6 heteroatoms. The third kappa shape index (κ3) is 2.88. The van der Waals surface area contributed by atoms with E-state index in [9.17, 15) is 4.79 Å². The van der Waals surface area contributed by atoms with E-state index in [1.54, 1.807) is 12.5 Å². The van der Waals surface area contributed by atoms with Crippen LogP contribution in [0.1, 0.15) is 30.9 Å². The van der Waals surface area contributed by atoms with Crippen molar-refractivity contribution in [1.82, 2.24) is 15.1 Å². The van der Waals surface area contributed by atoms with Crippen LogP contribution in [-0.2, 0) is 4.79 Å². The summed E-state index contributed by atoms with van der Waals surface area (Å²) in [7, 11) is 2.06. The molecule has 2 aromatic rings. The number of amides is 1. The number of nitrogens with zero attached hydrogens (tertiary/aromatic N) is 4. The van der Waals surface area contributed by atoms with Gasteiger partial charge in [0.2, 0.25) is 5.91 Å². The number of furan rings is 1. The van der Waals surface area contributed by atoms with E-state index in [-0.39, 0.29) is 17.7 Å². The number of hydrogen-bond acceptors (Lipinski definition) is 5. The van der Waals surface area contributed by atoms with E-state index in [1.807, 2.05) is 29.2 Å². The zero-order chi connectivity index (χ0) is 16.5. The third-order valence-electron chi connectivity index (χ3n) is 5.26. The average Bonchev–Trinajstić information content (AvgIpc) is 3.26. The van der Waals surface area contributed by atoms with Gasteiger partial charge < -0.3 is 14.2 Å². The highest BCUT2D eigenvalue weighted by Crippen LogP contribution is 2.48. The predicted molar refractivity (Wildman–Crippen MR) is 89.6 cm³/mol. The first-order chi connectivity index (χ1) is 11.7. The standard InChI is InChI=1S/C18H22N4O2/c1-21(17-5-2-8-19-20-17)13-6-9-22(10-7-13)18(23)15-12-14(15)16-4-3-11-24-16/h2-5,8,11,13-15H,6-7,9-10,12H2,1H3/t14-,15+/m0/s1. The van der Waals surface area contributed by atoms with Gasteiger partial charge in [-0.1, -0.05) is 0 Å². The minimum atomic E-state index is 0.116. The van der Waals surface area contributed by atoms with Crippen molar-refractivity contribution in [2.45, 2.75) is 31.2 Å². The molecule has 0 unspecified atom stereocenters. The van der Waals surface area contributed by atoms with Crippen LogP contribution in [0.25, 0.3) is 0 Å². The molecular formula is C18H22N4O2. The Morgan fingerprint density at radius 2 is 2.12 bits per heavy atom. The Balaban J connectivity index is 1.31. The zero-order valence-corrected chi connectivity index (χ0v) is 13.8. The molecule has 2 atom stereocenters. The summed E-state index contributed by atoms with van der Waals surface area (Å²) in [4.78, 5) is 16.9. The largest absolute Gasteiger partial charge is 0.469 e. The second-order valence-corrected chi connectivity index (χ2v) is 6.71. The predicted octanol–water partition coefficient (Wildman–Crippen LogP) is 2.30. The molecule has 1 saturated heterocycles. The van der Waals surface area contributed by atoms with Crippen LogP contribution < -0.4 is 4.90 Å². The summed E-state index contributed by atoms with van der Waals surface area (Å²) in [6.07, 6.45) is 6.23. The third-order valence-corrected chi connectivity index (χ3v) is 5.26. The Morgan fingerprint density at radius 1 is 1.29 bits per heavy atom. The highest BCUT2D eigenvalue weighted by atomic mass is 16.3. The molecule has 0 spiro atoms. The molecule has 1 amide bonds. The van der Waals surface area contributed by atoms with Crippen molar-refractivity contribution < 1.29 is 9.21 Å². The lowest BCUT2D eigenvalue weighted by Gasteiger charge is -2.37. The molecule has 1 saturated carbocycles. The molecule has 1 aliphatic heterocycles. The lowest BCUT2D eigenvalue weighted by molar-refractivity contribution is -0.133. The van der Waals surface area contributed by atoms with Crippen molar-refractivity contribution in [3.05, 3.63) is 42.5 Å². The molecule has 0 bridgehead atoms. The molecular weight excluding hydrogens is 304 g/mol. The van der Waals surface area contributed by atoms with Crippen LogP contribution >= 0.6 is 0 Å². The fraction of sp³-hybridized carbons (Fsp3) is 0.500. The van der Waals surface area contributed by atoms with E-state index in [0.29, 0.717) is 6.04 Å². The second-order valence-electron chi connectivity index (χ2n) is 6.71. The van der Waals surface area contributed by atoms with Crippen molar-refractivity contribution in [1.29, 1.82) is 0 Å². The Labute approximate surface area is 141 Å². The van der Waals surface area contributed by atoms with Gasteiger partial charge in [0, 0.05) is 44.2 Å². The minimum Gasteiger partial charge on any atom is -0.469 e. The number of hydrogen-bond donors (Lipinski definition) is 0. The average molecular weight is 326 g/mol. The van der Waals surface area contributed by atoms with Gasteiger partial charge in [-0.05, 0) is 43.5 Å². The smallest absolute Gasteiger partial charge is 0.226 e. The van der Waals surface area contributed by atoms with Crippen molar-refractivity contribution in [2.75, 3.05) is 25.0 Å². The van der Waals surface area contributed by atoms with Crippen molar-refractivity contribution in [2.24, 2.45) is 5.92 Å². The van der Waals surface area contributed by atoms with Crippen LogP contribution in [-0.4, -0.2) is 47.2 Å². The van der Waals surface area contributed by atoms with Gasteiger partial charge in [0.25, 0.3) is 0 Å². The molecule has 126 valence electrons. The maximum atomic E-state index is 12.7. The van der Waals surface area contributed by atoms with Crippen LogP contribution in [0.15, 0.2) is 41.1 Å². The van der Waals surface area contributed by atoms with Gasteiger partial charge in [-0.15, -0.1) is 5.10 Å². The highest BCUT2D eigenvalue weighted by molar-refractivity contribution is 5.83. The van der Waals surface area contributed by atoms with E-state index in [0.717, 1.165) is 43.9 Å². The van der Waals surface area contributed by atoms with Crippen LogP contribution in [0.5, 0.6) is 0 Å². The normalized spacial score (nSPS) is 24.0. The summed E-state index contributed by atoms with van der Waals surface area (Å²) in [6.45, 7) is 1.63. The number of likely N-dealkylation sites (tertiary alicyclic amines) is 1. The summed E-state index contributed by atoms with van der Waals surface area (Å²) < 4.78 is 5.43. The molecule has 3 heterocycles.